The highest BCUT2D eigenvalue weighted by atomic mass is 16.5. The third-order valence-corrected chi connectivity index (χ3v) is 3.80. The molecule has 0 aromatic carbocycles. The topological polar surface area (TPSA) is 62.9 Å². The van der Waals surface area contributed by atoms with Crippen LogP contribution >= 0.6 is 0 Å². The maximum absolute atomic E-state index is 11.3. The third kappa shape index (κ3) is 2.98. The molecule has 3 atom stereocenters. The van der Waals surface area contributed by atoms with Gasteiger partial charge in [-0.2, -0.15) is 0 Å². The molecule has 1 aromatic rings. The van der Waals surface area contributed by atoms with Gasteiger partial charge in [0.2, 0.25) is 0 Å². The highest BCUT2D eigenvalue weighted by molar-refractivity contribution is 5.71. The molecule has 0 bridgehead atoms. The summed E-state index contributed by atoms with van der Waals surface area (Å²) in [5.41, 5.74) is 1.07. The number of carboxylic acid groups (broad SMARTS) is 1. The van der Waals surface area contributed by atoms with E-state index in [-0.39, 0.29) is 12.1 Å². The van der Waals surface area contributed by atoms with Gasteiger partial charge in [0.25, 0.3) is 0 Å². The molecular weight excluding hydrogens is 246 g/mol. The number of hydrogen-bond donors (Lipinski definition) is 1. The molecule has 1 aromatic heterocycles. The minimum atomic E-state index is -0.775. The van der Waals surface area contributed by atoms with Gasteiger partial charge >= 0.3 is 5.97 Å². The number of hydrogen-bond acceptors (Lipinski definition) is 4. The maximum atomic E-state index is 11.3. The van der Waals surface area contributed by atoms with Gasteiger partial charge in [-0.3, -0.25) is 9.69 Å². The Balaban J connectivity index is 2.17. The number of ether oxygens (including phenoxy) is 1. The van der Waals surface area contributed by atoms with Crippen molar-refractivity contribution in [3.8, 4) is 0 Å². The van der Waals surface area contributed by atoms with Crippen LogP contribution in [0, 0.1) is 5.92 Å². The average molecular weight is 267 g/mol. The molecule has 3 unspecified atom stereocenters. The summed E-state index contributed by atoms with van der Waals surface area (Å²) in [6.45, 7) is 5.82. The van der Waals surface area contributed by atoms with Gasteiger partial charge in [-0.15, -0.1) is 0 Å². The molecule has 1 aliphatic rings. The normalized spacial score (nSPS) is 24.8. The summed E-state index contributed by atoms with van der Waals surface area (Å²) in [6.07, 6.45) is 4.35. The van der Waals surface area contributed by atoms with Crippen LogP contribution in [0.2, 0.25) is 0 Å². The molecule has 1 aliphatic heterocycles. The highest BCUT2D eigenvalue weighted by Crippen LogP contribution is 2.29. The SMILES string of the molecule is CCCN(C(C)c1ccoc1)C1COCC1C(=O)O. The van der Waals surface area contributed by atoms with E-state index in [1.54, 1.807) is 12.5 Å². The van der Waals surface area contributed by atoms with Crippen molar-refractivity contribution in [3.05, 3.63) is 24.2 Å². The van der Waals surface area contributed by atoms with Crippen LogP contribution in [-0.4, -0.2) is 41.8 Å². The summed E-state index contributed by atoms with van der Waals surface area (Å²) in [4.78, 5) is 13.5. The fourth-order valence-corrected chi connectivity index (χ4v) is 2.71. The molecule has 1 N–H and O–H groups in total. The van der Waals surface area contributed by atoms with Crippen LogP contribution < -0.4 is 0 Å². The Morgan fingerprint density at radius 1 is 1.58 bits per heavy atom. The molecule has 2 rings (SSSR count). The smallest absolute Gasteiger partial charge is 0.310 e. The monoisotopic (exact) mass is 267 g/mol. The van der Waals surface area contributed by atoms with Crippen molar-refractivity contribution in [2.45, 2.75) is 32.4 Å². The van der Waals surface area contributed by atoms with Gasteiger partial charge < -0.3 is 14.3 Å². The Bertz CT molecular complexity index is 404. The summed E-state index contributed by atoms with van der Waals surface area (Å²) in [6, 6.07) is 1.99. The van der Waals surface area contributed by atoms with E-state index >= 15 is 0 Å². The van der Waals surface area contributed by atoms with E-state index in [1.165, 1.54) is 0 Å². The molecule has 5 heteroatoms. The Morgan fingerprint density at radius 2 is 2.37 bits per heavy atom. The van der Waals surface area contributed by atoms with E-state index in [2.05, 4.69) is 18.7 Å². The highest BCUT2D eigenvalue weighted by Gasteiger charge is 2.39. The molecule has 0 amide bonds. The zero-order valence-corrected chi connectivity index (χ0v) is 11.4. The molecule has 0 radical (unpaired) electrons. The molecule has 2 heterocycles. The predicted molar refractivity (Wildman–Crippen MR) is 69.9 cm³/mol. The second kappa shape index (κ2) is 6.21. The lowest BCUT2D eigenvalue weighted by atomic mass is 9.99. The van der Waals surface area contributed by atoms with Gasteiger partial charge in [0.15, 0.2) is 0 Å². The van der Waals surface area contributed by atoms with Crippen LogP contribution in [-0.2, 0) is 9.53 Å². The minimum absolute atomic E-state index is 0.0673. The van der Waals surface area contributed by atoms with Crippen LogP contribution in [0.3, 0.4) is 0 Å². The number of carbonyl (C=O) groups is 1. The summed E-state index contributed by atoms with van der Waals surface area (Å²) >= 11 is 0. The number of carboxylic acids is 1. The molecule has 0 saturated carbocycles. The van der Waals surface area contributed by atoms with Crippen molar-refractivity contribution in [2.75, 3.05) is 19.8 Å². The lowest BCUT2D eigenvalue weighted by Gasteiger charge is -2.34. The molecular formula is C14H21NO4. The standard InChI is InChI=1S/C14H21NO4/c1-3-5-15(10(2)11-4-6-18-7-11)13-9-19-8-12(13)14(16)17/h4,6-7,10,12-13H,3,5,8-9H2,1-2H3,(H,16,17). The summed E-state index contributed by atoms with van der Waals surface area (Å²) < 4.78 is 10.5. The van der Waals surface area contributed by atoms with Crippen LogP contribution in [0.15, 0.2) is 23.0 Å². The zero-order valence-electron chi connectivity index (χ0n) is 11.4. The van der Waals surface area contributed by atoms with E-state index in [0.29, 0.717) is 13.2 Å². The van der Waals surface area contributed by atoms with Gasteiger partial charge in [0.1, 0.15) is 0 Å². The zero-order chi connectivity index (χ0) is 13.8. The quantitative estimate of drug-likeness (QED) is 0.855. The van der Waals surface area contributed by atoms with Crippen molar-refractivity contribution in [2.24, 2.45) is 5.92 Å². The Morgan fingerprint density at radius 3 is 2.95 bits per heavy atom. The number of nitrogens with zero attached hydrogens (tertiary/aromatic N) is 1. The van der Waals surface area contributed by atoms with E-state index in [0.717, 1.165) is 18.5 Å². The number of furan rings is 1. The fourth-order valence-electron chi connectivity index (χ4n) is 2.71. The lowest BCUT2D eigenvalue weighted by Crippen LogP contribution is -2.44. The summed E-state index contributed by atoms with van der Waals surface area (Å²) in [7, 11) is 0. The largest absolute Gasteiger partial charge is 0.481 e. The Kier molecular flexibility index (Phi) is 4.61. The van der Waals surface area contributed by atoms with Crippen molar-refractivity contribution >= 4 is 5.97 Å². The molecule has 1 fully saturated rings. The first-order valence-electron chi connectivity index (χ1n) is 6.73. The second-order valence-electron chi connectivity index (χ2n) is 5.02. The first-order chi connectivity index (χ1) is 9.15. The molecule has 0 spiro atoms. The second-order valence-corrected chi connectivity index (χ2v) is 5.02. The van der Waals surface area contributed by atoms with Crippen molar-refractivity contribution in [1.29, 1.82) is 0 Å². The van der Waals surface area contributed by atoms with Crippen LogP contribution in [0.5, 0.6) is 0 Å². The number of rotatable bonds is 6. The summed E-state index contributed by atoms with van der Waals surface area (Å²) in [5, 5.41) is 9.29. The van der Waals surface area contributed by atoms with Crippen LogP contribution in [0.1, 0.15) is 31.9 Å². The van der Waals surface area contributed by atoms with E-state index in [1.807, 2.05) is 6.07 Å². The predicted octanol–water partition coefficient (Wildman–Crippen LogP) is 2.15. The van der Waals surface area contributed by atoms with Gasteiger partial charge in [-0.05, 0) is 26.0 Å². The van der Waals surface area contributed by atoms with Gasteiger partial charge in [-0.1, -0.05) is 6.92 Å². The summed E-state index contributed by atoms with van der Waals surface area (Å²) in [5.74, 6) is -1.22. The van der Waals surface area contributed by atoms with Crippen LogP contribution in [0.4, 0.5) is 0 Å². The maximum Gasteiger partial charge on any atom is 0.310 e. The first-order valence-corrected chi connectivity index (χ1v) is 6.73. The van der Waals surface area contributed by atoms with Gasteiger partial charge in [0, 0.05) is 17.6 Å². The first kappa shape index (κ1) is 14.1. The van der Waals surface area contributed by atoms with E-state index in [4.69, 9.17) is 9.15 Å². The van der Waals surface area contributed by atoms with E-state index < -0.39 is 11.9 Å². The number of aliphatic carboxylic acids is 1. The van der Waals surface area contributed by atoms with Gasteiger partial charge in [-0.25, -0.2) is 0 Å². The van der Waals surface area contributed by atoms with Crippen molar-refractivity contribution in [3.63, 3.8) is 0 Å². The van der Waals surface area contributed by atoms with Crippen molar-refractivity contribution < 1.29 is 19.1 Å². The molecule has 106 valence electrons. The fraction of sp³-hybridized carbons (Fsp3) is 0.643. The lowest BCUT2D eigenvalue weighted by molar-refractivity contribution is -0.143. The van der Waals surface area contributed by atoms with E-state index in [9.17, 15) is 9.90 Å². The van der Waals surface area contributed by atoms with Crippen molar-refractivity contribution in [1.82, 2.24) is 4.90 Å². The van der Waals surface area contributed by atoms with Crippen LogP contribution in [0.25, 0.3) is 0 Å². The Labute approximate surface area is 113 Å². The third-order valence-electron chi connectivity index (χ3n) is 3.80. The van der Waals surface area contributed by atoms with Gasteiger partial charge in [0.05, 0.1) is 31.7 Å². The Hall–Kier alpha value is -1.33. The molecule has 5 nitrogen and oxygen atoms in total. The molecule has 19 heavy (non-hydrogen) atoms. The molecule has 0 aliphatic carbocycles. The minimum Gasteiger partial charge on any atom is -0.481 e. The molecule has 1 saturated heterocycles. The average Bonchev–Trinajstić information content (AvgIpc) is 3.05.